The highest BCUT2D eigenvalue weighted by Crippen LogP contribution is 2.30. The maximum absolute atomic E-state index is 4.27. The van der Waals surface area contributed by atoms with E-state index in [9.17, 15) is 0 Å². The molecule has 2 aromatic carbocycles. The maximum Gasteiger partial charge on any atom is 0.173 e. The van der Waals surface area contributed by atoms with Gasteiger partial charge < -0.3 is 0 Å². The lowest BCUT2D eigenvalue weighted by Gasteiger charge is -2.34. The van der Waals surface area contributed by atoms with Crippen LogP contribution in [0.2, 0.25) is 0 Å². The molecule has 0 radical (unpaired) electrons. The van der Waals surface area contributed by atoms with Gasteiger partial charge in [0.1, 0.15) is 0 Å². The van der Waals surface area contributed by atoms with Crippen molar-refractivity contribution in [3.63, 3.8) is 0 Å². The Morgan fingerprint density at radius 1 is 0.909 bits per heavy atom. The number of tetrazole rings is 1. The van der Waals surface area contributed by atoms with Gasteiger partial charge in [-0.05, 0) is 21.6 Å². The van der Waals surface area contributed by atoms with E-state index >= 15 is 0 Å². The van der Waals surface area contributed by atoms with Crippen molar-refractivity contribution in [1.29, 1.82) is 0 Å². The van der Waals surface area contributed by atoms with Gasteiger partial charge in [-0.1, -0.05) is 60.7 Å². The highest BCUT2D eigenvalue weighted by molar-refractivity contribution is 5.26. The fourth-order valence-corrected chi connectivity index (χ4v) is 3.07. The topological polar surface area (TPSA) is 46.8 Å². The zero-order chi connectivity index (χ0) is 14.8. The Labute approximate surface area is 129 Å². The van der Waals surface area contributed by atoms with Crippen LogP contribution in [0, 0.1) is 0 Å². The average Bonchev–Trinajstić information content (AvgIpc) is 3.05. The number of aromatic nitrogens is 4. The fraction of sp³-hybridized carbons (Fsp3) is 0.235. The summed E-state index contributed by atoms with van der Waals surface area (Å²) < 4.78 is 1.92. The number of nitrogens with zero attached hydrogens (tertiary/aromatic N) is 5. The van der Waals surface area contributed by atoms with Gasteiger partial charge in [-0.25, -0.2) is 4.68 Å². The van der Waals surface area contributed by atoms with Gasteiger partial charge in [0.2, 0.25) is 0 Å². The SMILES string of the molecule is c1ccc(CN2CCn3nnnc3[C@H]2c2ccccc2)cc1. The average molecular weight is 291 g/mol. The number of hydrogen-bond donors (Lipinski definition) is 0. The molecule has 5 nitrogen and oxygen atoms in total. The molecule has 0 saturated heterocycles. The van der Waals surface area contributed by atoms with Crippen LogP contribution in [-0.2, 0) is 13.1 Å². The second-order valence-electron chi connectivity index (χ2n) is 5.53. The van der Waals surface area contributed by atoms with Gasteiger partial charge in [0, 0.05) is 13.1 Å². The number of rotatable bonds is 3. The smallest absolute Gasteiger partial charge is 0.173 e. The molecule has 5 heteroatoms. The van der Waals surface area contributed by atoms with Crippen LogP contribution in [0.15, 0.2) is 60.7 Å². The Balaban J connectivity index is 1.71. The zero-order valence-corrected chi connectivity index (χ0v) is 12.2. The van der Waals surface area contributed by atoms with Crippen molar-refractivity contribution in [2.75, 3.05) is 6.54 Å². The van der Waals surface area contributed by atoms with Crippen LogP contribution in [-0.4, -0.2) is 31.7 Å². The van der Waals surface area contributed by atoms with Crippen molar-refractivity contribution in [2.24, 2.45) is 0 Å². The molecule has 0 unspecified atom stereocenters. The molecule has 1 aliphatic rings. The lowest BCUT2D eigenvalue weighted by atomic mass is 10.0. The summed E-state index contributed by atoms with van der Waals surface area (Å²) in [5, 5.41) is 12.2. The third-order valence-electron chi connectivity index (χ3n) is 4.11. The van der Waals surface area contributed by atoms with Crippen LogP contribution in [0.4, 0.5) is 0 Å². The van der Waals surface area contributed by atoms with E-state index in [0.717, 1.165) is 25.5 Å². The molecule has 0 saturated carbocycles. The lowest BCUT2D eigenvalue weighted by molar-refractivity contribution is 0.164. The van der Waals surface area contributed by atoms with Crippen molar-refractivity contribution in [2.45, 2.75) is 19.1 Å². The normalized spacial score (nSPS) is 18.1. The molecule has 0 spiro atoms. The molecule has 1 aromatic heterocycles. The summed E-state index contributed by atoms with van der Waals surface area (Å²) >= 11 is 0. The van der Waals surface area contributed by atoms with E-state index in [1.54, 1.807) is 0 Å². The Kier molecular flexibility index (Phi) is 3.40. The summed E-state index contributed by atoms with van der Waals surface area (Å²) in [5.41, 5.74) is 2.54. The summed E-state index contributed by atoms with van der Waals surface area (Å²) in [5.74, 6) is 0.924. The third-order valence-corrected chi connectivity index (χ3v) is 4.11. The Hall–Kier alpha value is -2.53. The molecule has 0 amide bonds. The molecule has 0 fully saturated rings. The van der Waals surface area contributed by atoms with Crippen LogP contribution < -0.4 is 0 Å². The Morgan fingerprint density at radius 2 is 1.64 bits per heavy atom. The van der Waals surface area contributed by atoms with Crippen LogP contribution in [0.25, 0.3) is 0 Å². The largest absolute Gasteiger partial charge is 0.284 e. The first-order valence-corrected chi connectivity index (χ1v) is 7.51. The first kappa shape index (κ1) is 13.2. The first-order valence-electron chi connectivity index (χ1n) is 7.51. The predicted molar refractivity (Wildman–Crippen MR) is 83.0 cm³/mol. The molecular weight excluding hydrogens is 274 g/mol. The number of fused-ring (bicyclic) bond motifs is 1. The van der Waals surface area contributed by atoms with Crippen molar-refractivity contribution < 1.29 is 0 Å². The van der Waals surface area contributed by atoms with E-state index in [0.29, 0.717) is 0 Å². The van der Waals surface area contributed by atoms with E-state index in [4.69, 9.17) is 0 Å². The minimum absolute atomic E-state index is 0.102. The predicted octanol–water partition coefficient (Wildman–Crippen LogP) is 2.28. The van der Waals surface area contributed by atoms with Gasteiger partial charge in [-0.2, -0.15) is 0 Å². The van der Waals surface area contributed by atoms with Crippen LogP contribution >= 0.6 is 0 Å². The summed E-state index contributed by atoms with van der Waals surface area (Å²) in [6.07, 6.45) is 0. The summed E-state index contributed by atoms with van der Waals surface area (Å²) in [4.78, 5) is 2.44. The molecule has 2 heterocycles. The second-order valence-corrected chi connectivity index (χ2v) is 5.53. The number of hydrogen-bond acceptors (Lipinski definition) is 4. The van der Waals surface area contributed by atoms with Gasteiger partial charge in [-0.15, -0.1) is 5.10 Å². The molecule has 1 aliphatic heterocycles. The van der Waals surface area contributed by atoms with Gasteiger partial charge >= 0.3 is 0 Å². The number of benzene rings is 2. The Bertz CT molecular complexity index is 738. The molecule has 1 atom stereocenters. The zero-order valence-electron chi connectivity index (χ0n) is 12.2. The van der Waals surface area contributed by atoms with E-state index in [2.05, 4.69) is 75.0 Å². The van der Waals surface area contributed by atoms with Crippen LogP contribution in [0.5, 0.6) is 0 Å². The molecule has 3 aromatic rings. The van der Waals surface area contributed by atoms with Crippen molar-refractivity contribution in [1.82, 2.24) is 25.1 Å². The monoisotopic (exact) mass is 291 g/mol. The quantitative estimate of drug-likeness (QED) is 0.743. The highest BCUT2D eigenvalue weighted by Gasteiger charge is 2.31. The minimum Gasteiger partial charge on any atom is -0.284 e. The Morgan fingerprint density at radius 3 is 2.41 bits per heavy atom. The third kappa shape index (κ3) is 2.40. The lowest BCUT2D eigenvalue weighted by Crippen LogP contribution is -2.38. The van der Waals surface area contributed by atoms with E-state index < -0.39 is 0 Å². The van der Waals surface area contributed by atoms with Crippen molar-refractivity contribution in [3.8, 4) is 0 Å². The molecular formula is C17H17N5. The van der Waals surface area contributed by atoms with Crippen molar-refractivity contribution >= 4 is 0 Å². The summed E-state index contributed by atoms with van der Waals surface area (Å²) in [6.45, 7) is 2.66. The maximum atomic E-state index is 4.27. The molecule has 0 N–H and O–H groups in total. The van der Waals surface area contributed by atoms with Crippen LogP contribution in [0.1, 0.15) is 23.0 Å². The van der Waals surface area contributed by atoms with E-state index in [1.165, 1.54) is 11.1 Å². The molecule has 4 rings (SSSR count). The molecule has 0 aliphatic carbocycles. The second kappa shape index (κ2) is 5.69. The fourth-order valence-electron chi connectivity index (χ4n) is 3.07. The van der Waals surface area contributed by atoms with Crippen LogP contribution in [0.3, 0.4) is 0 Å². The van der Waals surface area contributed by atoms with Gasteiger partial charge in [-0.3, -0.25) is 4.90 Å². The van der Waals surface area contributed by atoms with E-state index in [-0.39, 0.29) is 6.04 Å². The standard InChI is InChI=1S/C17H17N5/c1-3-7-14(8-4-1)13-21-11-12-22-17(18-19-20-22)16(21)15-9-5-2-6-10-15/h1-10,16H,11-13H2/t16-/m1/s1. The van der Waals surface area contributed by atoms with Gasteiger partial charge in [0.05, 0.1) is 12.6 Å². The molecule has 22 heavy (non-hydrogen) atoms. The van der Waals surface area contributed by atoms with Gasteiger partial charge in [0.25, 0.3) is 0 Å². The molecule has 0 bridgehead atoms. The highest BCUT2D eigenvalue weighted by atomic mass is 15.6. The minimum atomic E-state index is 0.102. The first-order chi connectivity index (χ1) is 10.9. The van der Waals surface area contributed by atoms with Gasteiger partial charge in [0.15, 0.2) is 5.82 Å². The summed E-state index contributed by atoms with van der Waals surface area (Å²) in [7, 11) is 0. The van der Waals surface area contributed by atoms with E-state index in [1.807, 2.05) is 10.7 Å². The van der Waals surface area contributed by atoms with Crippen molar-refractivity contribution in [3.05, 3.63) is 77.6 Å². The molecule has 110 valence electrons. The summed E-state index contributed by atoms with van der Waals surface area (Å²) in [6, 6.07) is 21.1.